The third-order valence-corrected chi connectivity index (χ3v) is 2.51. The number of anilines is 2. The highest BCUT2D eigenvalue weighted by Gasteiger charge is 2.07. The number of nitrogen functional groups attached to an aromatic ring is 1. The van der Waals surface area contributed by atoms with E-state index in [-0.39, 0.29) is 0 Å². The number of hydrogen-bond donors (Lipinski definition) is 2. The van der Waals surface area contributed by atoms with Crippen LogP contribution in [0.4, 0.5) is 11.4 Å². The van der Waals surface area contributed by atoms with Gasteiger partial charge in [-0.25, -0.2) is 0 Å². The van der Waals surface area contributed by atoms with E-state index in [1.807, 2.05) is 6.07 Å². The summed E-state index contributed by atoms with van der Waals surface area (Å²) in [6, 6.07) is 7.02. The minimum atomic E-state index is 0.520. The fourth-order valence-corrected chi connectivity index (χ4v) is 1.78. The number of pyridine rings is 1. The molecule has 0 atom stereocenters. The smallest absolute Gasteiger partial charge is 0.145 e. The molecule has 88 valence electrons. The third-order valence-electron chi connectivity index (χ3n) is 2.21. The molecule has 0 saturated carbocycles. The van der Waals surface area contributed by atoms with Gasteiger partial charge in [0.2, 0.25) is 0 Å². The number of benzene rings is 1. The summed E-state index contributed by atoms with van der Waals surface area (Å²) >= 11 is 6.06. The van der Waals surface area contributed by atoms with Gasteiger partial charge in [-0.05, 0) is 12.1 Å². The molecule has 0 aliphatic heterocycles. The van der Waals surface area contributed by atoms with Crippen LogP contribution in [-0.4, -0.2) is 12.0 Å². The Bertz CT molecular complexity index is 493. The summed E-state index contributed by atoms with van der Waals surface area (Å²) in [6.07, 6.45) is 3.30. The zero-order valence-corrected chi connectivity index (χ0v) is 10.0. The van der Waals surface area contributed by atoms with Crippen molar-refractivity contribution < 1.29 is 4.74 Å². The number of aromatic nitrogens is 1. The molecular weight excluding hydrogens is 238 g/mol. The molecule has 4 nitrogen and oxygen atoms in total. The molecular formula is C12H12ClN3O. The second-order valence-corrected chi connectivity index (χ2v) is 3.82. The lowest BCUT2D eigenvalue weighted by Gasteiger charge is -2.11. The number of ether oxygens (including phenoxy) is 1. The maximum absolute atomic E-state index is 6.06. The van der Waals surface area contributed by atoms with E-state index in [1.165, 1.54) is 0 Å². The highest BCUT2D eigenvalue weighted by atomic mass is 35.5. The lowest BCUT2D eigenvalue weighted by molar-refractivity contribution is 0.480. The van der Waals surface area contributed by atoms with Gasteiger partial charge in [0, 0.05) is 25.4 Å². The average molecular weight is 250 g/mol. The van der Waals surface area contributed by atoms with Crippen molar-refractivity contribution in [1.82, 2.24) is 4.98 Å². The number of hydrogen-bond acceptors (Lipinski definition) is 4. The number of nitrogens with one attached hydrogen (secondary N) is 1. The minimum Gasteiger partial charge on any atom is -0.456 e. The van der Waals surface area contributed by atoms with Gasteiger partial charge in [-0.2, -0.15) is 0 Å². The monoisotopic (exact) mass is 249 g/mol. The fraction of sp³-hybridized carbons (Fsp3) is 0.0833. The van der Waals surface area contributed by atoms with E-state index in [4.69, 9.17) is 22.1 Å². The first-order chi connectivity index (χ1) is 8.20. The van der Waals surface area contributed by atoms with Crippen molar-refractivity contribution in [3.63, 3.8) is 0 Å². The highest BCUT2D eigenvalue weighted by molar-refractivity contribution is 6.34. The third kappa shape index (κ3) is 2.60. The first-order valence-electron chi connectivity index (χ1n) is 5.05. The van der Waals surface area contributed by atoms with Gasteiger partial charge in [-0.1, -0.05) is 11.6 Å². The van der Waals surface area contributed by atoms with Crippen LogP contribution >= 0.6 is 11.6 Å². The van der Waals surface area contributed by atoms with Crippen molar-refractivity contribution in [2.75, 3.05) is 18.1 Å². The Morgan fingerprint density at radius 1 is 1.35 bits per heavy atom. The SMILES string of the molecule is CNc1c(N)cc(Oc2cccnc2)cc1Cl. The molecule has 0 amide bonds. The van der Waals surface area contributed by atoms with Crippen LogP contribution in [0.2, 0.25) is 5.02 Å². The molecule has 0 bridgehead atoms. The molecule has 0 aliphatic carbocycles. The normalized spacial score (nSPS) is 10.0. The molecule has 0 spiro atoms. The van der Waals surface area contributed by atoms with Gasteiger partial charge in [0.05, 0.1) is 22.6 Å². The van der Waals surface area contributed by atoms with E-state index < -0.39 is 0 Å². The Morgan fingerprint density at radius 2 is 2.18 bits per heavy atom. The summed E-state index contributed by atoms with van der Waals surface area (Å²) in [5.41, 5.74) is 7.08. The van der Waals surface area contributed by atoms with E-state index in [9.17, 15) is 0 Å². The Balaban J connectivity index is 2.29. The van der Waals surface area contributed by atoms with Crippen molar-refractivity contribution >= 4 is 23.0 Å². The summed E-state index contributed by atoms with van der Waals surface area (Å²) in [5.74, 6) is 1.22. The number of nitrogens with two attached hydrogens (primary N) is 1. The molecule has 0 saturated heterocycles. The second kappa shape index (κ2) is 4.93. The molecule has 2 rings (SSSR count). The van der Waals surface area contributed by atoms with Crippen LogP contribution in [0.5, 0.6) is 11.5 Å². The highest BCUT2D eigenvalue weighted by Crippen LogP contribution is 2.34. The van der Waals surface area contributed by atoms with Crippen LogP contribution in [0.1, 0.15) is 0 Å². The summed E-state index contributed by atoms with van der Waals surface area (Å²) in [7, 11) is 1.76. The first-order valence-corrected chi connectivity index (χ1v) is 5.43. The average Bonchev–Trinajstić information content (AvgIpc) is 2.30. The van der Waals surface area contributed by atoms with Crippen LogP contribution in [-0.2, 0) is 0 Å². The predicted octanol–water partition coefficient (Wildman–Crippen LogP) is 3.15. The molecule has 2 aromatic rings. The number of rotatable bonds is 3. The van der Waals surface area contributed by atoms with E-state index in [1.54, 1.807) is 37.6 Å². The van der Waals surface area contributed by atoms with Gasteiger partial charge in [0.15, 0.2) is 0 Å². The van der Waals surface area contributed by atoms with Crippen LogP contribution < -0.4 is 15.8 Å². The van der Waals surface area contributed by atoms with Crippen LogP contribution in [0, 0.1) is 0 Å². The van der Waals surface area contributed by atoms with E-state index >= 15 is 0 Å². The standard InChI is InChI=1S/C12H12ClN3O/c1-15-12-10(13)5-9(6-11(12)14)17-8-3-2-4-16-7-8/h2-7,15H,14H2,1H3. The number of halogens is 1. The maximum atomic E-state index is 6.06. The molecule has 3 N–H and O–H groups in total. The van der Waals surface area contributed by atoms with Crippen molar-refractivity contribution in [3.05, 3.63) is 41.7 Å². The molecule has 0 fully saturated rings. The first kappa shape index (κ1) is 11.5. The molecule has 0 aliphatic rings. The van der Waals surface area contributed by atoms with Crippen molar-refractivity contribution in [1.29, 1.82) is 0 Å². The number of nitrogens with zero attached hydrogens (tertiary/aromatic N) is 1. The van der Waals surface area contributed by atoms with Gasteiger partial charge >= 0.3 is 0 Å². The maximum Gasteiger partial charge on any atom is 0.145 e. The molecule has 1 aromatic heterocycles. The molecule has 5 heteroatoms. The summed E-state index contributed by atoms with van der Waals surface area (Å²) in [5, 5.41) is 3.45. The Kier molecular flexibility index (Phi) is 3.35. The van der Waals surface area contributed by atoms with Gasteiger partial charge < -0.3 is 15.8 Å². The van der Waals surface area contributed by atoms with Gasteiger partial charge in [0.1, 0.15) is 11.5 Å². The van der Waals surface area contributed by atoms with Crippen LogP contribution in [0.15, 0.2) is 36.7 Å². The summed E-state index contributed by atoms with van der Waals surface area (Å²) in [4.78, 5) is 3.96. The fourth-order valence-electron chi connectivity index (χ4n) is 1.47. The van der Waals surface area contributed by atoms with E-state index in [0.29, 0.717) is 27.9 Å². The van der Waals surface area contributed by atoms with Crippen molar-refractivity contribution in [2.45, 2.75) is 0 Å². The summed E-state index contributed by atoms with van der Waals surface area (Å²) < 4.78 is 5.58. The molecule has 17 heavy (non-hydrogen) atoms. The van der Waals surface area contributed by atoms with Gasteiger partial charge in [0.25, 0.3) is 0 Å². The van der Waals surface area contributed by atoms with Crippen LogP contribution in [0.25, 0.3) is 0 Å². The van der Waals surface area contributed by atoms with Crippen molar-refractivity contribution in [3.8, 4) is 11.5 Å². The quantitative estimate of drug-likeness (QED) is 0.821. The molecule has 1 heterocycles. The zero-order chi connectivity index (χ0) is 12.3. The Hall–Kier alpha value is -1.94. The Morgan fingerprint density at radius 3 is 2.76 bits per heavy atom. The molecule has 0 unspecified atom stereocenters. The van der Waals surface area contributed by atoms with Crippen molar-refractivity contribution in [2.24, 2.45) is 0 Å². The second-order valence-electron chi connectivity index (χ2n) is 3.41. The predicted molar refractivity (Wildman–Crippen MR) is 69.7 cm³/mol. The molecule has 1 aromatic carbocycles. The largest absolute Gasteiger partial charge is 0.456 e. The van der Waals surface area contributed by atoms with Gasteiger partial charge in [-0.3, -0.25) is 4.98 Å². The minimum absolute atomic E-state index is 0.520. The molecule has 0 radical (unpaired) electrons. The van der Waals surface area contributed by atoms with E-state index in [0.717, 1.165) is 0 Å². The lowest BCUT2D eigenvalue weighted by Crippen LogP contribution is -1.97. The lowest BCUT2D eigenvalue weighted by atomic mass is 10.2. The van der Waals surface area contributed by atoms with Crippen LogP contribution in [0.3, 0.4) is 0 Å². The zero-order valence-electron chi connectivity index (χ0n) is 9.27. The van der Waals surface area contributed by atoms with Gasteiger partial charge in [-0.15, -0.1) is 0 Å². The van der Waals surface area contributed by atoms with E-state index in [2.05, 4.69) is 10.3 Å². The topological polar surface area (TPSA) is 60.2 Å². The summed E-state index contributed by atoms with van der Waals surface area (Å²) in [6.45, 7) is 0. The Labute approximate surface area is 104 Å².